The van der Waals surface area contributed by atoms with Gasteiger partial charge in [0.2, 0.25) is 5.91 Å². The molecule has 0 spiro atoms. The fourth-order valence-electron chi connectivity index (χ4n) is 3.85. The molecule has 6 nitrogen and oxygen atoms in total. The van der Waals surface area contributed by atoms with Gasteiger partial charge in [-0.05, 0) is 43.5 Å². The Bertz CT molecular complexity index is 934. The van der Waals surface area contributed by atoms with Gasteiger partial charge in [0.05, 0.1) is 6.54 Å². The highest BCUT2D eigenvalue weighted by Crippen LogP contribution is 2.20. The molecule has 2 aromatic rings. The predicted octanol–water partition coefficient (Wildman–Crippen LogP) is 2.82. The van der Waals surface area contributed by atoms with Gasteiger partial charge >= 0.3 is 0 Å². The first kappa shape index (κ1) is 22.4. The van der Waals surface area contributed by atoms with Crippen molar-refractivity contribution in [3.05, 3.63) is 65.7 Å². The number of anilines is 1. The highest BCUT2D eigenvalue weighted by atomic mass is 16.1. The van der Waals surface area contributed by atoms with Gasteiger partial charge in [-0.1, -0.05) is 42.3 Å². The SMILES string of the molecule is C#Cc1cccc(NC(=O)CNC(=NC)NC2CCN(Cc3ccccc3)C(C)C2)c1. The number of nitrogens with zero attached hydrogens (tertiary/aromatic N) is 2. The Hall–Kier alpha value is -3.30. The first-order valence-corrected chi connectivity index (χ1v) is 10.7. The highest BCUT2D eigenvalue weighted by Gasteiger charge is 2.26. The van der Waals surface area contributed by atoms with Crippen LogP contribution in [0.15, 0.2) is 59.6 Å². The summed E-state index contributed by atoms with van der Waals surface area (Å²) in [5, 5.41) is 9.42. The van der Waals surface area contributed by atoms with Crippen LogP contribution in [-0.4, -0.2) is 49.0 Å². The summed E-state index contributed by atoms with van der Waals surface area (Å²) in [7, 11) is 1.72. The molecular weight excluding hydrogens is 386 g/mol. The van der Waals surface area contributed by atoms with Crippen LogP contribution in [0.3, 0.4) is 0 Å². The number of hydrogen-bond acceptors (Lipinski definition) is 3. The molecule has 2 aromatic carbocycles. The van der Waals surface area contributed by atoms with Gasteiger partial charge < -0.3 is 16.0 Å². The Balaban J connectivity index is 1.43. The molecule has 3 rings (SSSR count). The maximum absolute atomic E-state index is 12.3. The third kappa shape index (κ3) is 6.87. The minimum absolute atomic E-state index is 0.127. The zero-order valence-corrected chi connectivity index (χ0v) is 18.3. The molecule has 0 aliphatic carbocycles. The molecule has 1 saturated heterocycles. The number of rotatable bonds is 6. The lowest BCUT2D eigenvalue weighted by atomic mass is 9.97. The van der Waals surface area contributed by atoms with Gasteiger partial charge in [-0.15, -0.1) is 6.42 Å². The van der Waals surface area contributed by atoms with E-state index in [9.17, 15) is 4.79 Å². The standard InChI is InChI=1S/C25H31N5O/c1-4-20-11-8-12-22(16-20)28-24(31)17-27-25(26-3)29-23-13-14-30(19(2)15-23)18-21-9-6-5-7-10-21/h1,5-12,16,19,23H,13-15,17-18H2,2-3H3,(H,28,31)(H2,26,27,29). The smallest absolute Gasteiger partial charge is 0.243 e. The second-order valence-electron chi connectivity index (χ2n) is 7.87. The molecule has 2 atom stereocenters. The van der Waals surface area contributed by atoms with Crippen molar-refractivity contribution < 1.29 is 4.79 Å². The highest BCUT2D eigenvalue weighted by molar-refractivity contribution is 5.95. The van der Waals surface area contributed by atoms with E-state index >= 15 is 0 Å². The van der Waals surface area contributed by atoms with Crippen molar-refractivity contribution in [2.75, 3.05) is 25.5 Å². The molecule has 162 valence electrons. The monoisotopic (exact) mass is 417 g/mol. The number of carbonyl (C=O) groups is 1. The minimum atomic E-state index is -0.150. The number of amides is 1. The van der Waals surface area contributed by atoms with Crippen LogP contribution in [0.4, 0.5) is 5.69 Å². The quantitative estimate of drug-likeness (QED) is 0.384. The largest absolute Gasteiger partial charge is 0.354 e. The van der Waals surface area contributed by atoms with Crippen LogP contribution in [0.1, 0.15) is 30.9 Å². The fourth-order valence-corrected chi connectivity index (χ4v) is 3.85. The molecule has 0 saturated carbocycles. The summed E-state index contributed by atoms with van der Waals surface area (Å²) in [5.41, 5.74) is 2.76. The lowest BCUT2D eigenvalue weighted by molar-refractivity contribution is -0.115. The molecular formula is C25H31N5O. The maximum Gasteiger partial charge on any atom is 0.243 e. The first-order valence-electron chi connectivity index (χ1n) is 10.7. The van der Waals surface area contributed by atoms with Gasteiger partial charge in [0.1, 0.15) is 0 Å². The Morgan fingerprint density at radius 2 is 2.03 bits per heavy atom. The van der Waals surface area contributed by atoms with Crippen molar-refractivity contribution in [1.29, 1.82) is 0 Å². The molecule has 0 bridgehead atoms. The molecule has 6 heteroatoms. The van der Waals surface area contributed by atoms with Crippen molar-refractivity contribution in [2.45, 2.75) is 38.4 Å². The number of carbonyl (C=O) groups excluding carboxylic acids is 1. The van der Waals surface area contributed by atoms with E-state index in [0.717, 1.165) is 31.5 Å². The van der Waals surface area contributed by atoms with Crippen LogP contribution in [0, 0.1) is 12.3 Å². The van der Waals surface area contributed by atoms with E-state index in [2.05, 4.69) is 69.0 Å². The minimum Gasteiger partial charge on any atom is -0.354 e. The molecule has 0 aromatic heterocycles. The average Bonchev–Trinajstić information content (AvgIpc) is 2.79. The summed E-state index contributed by atoms with van der Waals surface area (Å²) >= 11 is 0. The van der Waals surface area contributed by atoms with Gasteiger partial charge in [0.15, 0.2) is 5.96 Å². The van der Waals surface area contributed by atoms with Crippen LogP contribution < -0.4 is 16.0 Å². The molecule has 1 heterocycles. The maximum atomic E-state index is 12.3. The molecule has 1 fully saturated rings. The molecule has 1 aliphatic rings. The van der Waals surface area contributed by atoms with E-state index in [-0.39, 0.29) is 12.5 Å². The lowest BCUT2D eigenvalue weighted by Gasteiger charge is -2.38. The first-order chi connectivity index (χ1) is 15.1. The average molecular weight is 418 g/mol. The fraction of sp³-hybridized carbons (Fsp3) is 0.360. The summed E-state index contributed by atoms with van der Waals surface area (Å²) < 4.78 is 0. The number of guanidine groups is 1. The lowest BCUT2D eigenvalue weighted by Crippen LogP contribution is -2.52. The Labute approximate surface area is 185 Å². The molecule has 2 unspecified atom stereocenters. The Morgan fingerprint density at radius 1 is 1.23 bits per heavy atom. The predicted molar refractivity (Wildman–Crippen MR) is 127 cm³/mol. The summed E-state index contributed by atoms with van der Waals surface area (Å²) in [4.78, 5) is 19.1. The normalized spacial score (nSPS) is 19.3. The third-order valence-corrected chi connectivity index (χ3v) is 5.54. The summed E-state index contributed by atoms with van der Waals surface area (Å²) in [6, 6.07) is 18.6. The molecule has 3 N–H and O–H groups in total. The van der Waals surface area contributed by atoms with E-state index in [0.29, 0.717) is 23.7 Å². The molecule has 31 heavy (non-hydrogen) atoms. The van der Waals surface area contributed by atoms with Gasteiger partial charge in [0, 0.05) is 43.5 Å². The molecule has 0 radical (unpaired) electrons. The number of nitrogens with one attached hydrogen (secondary N) is 3. The Morgan fingerprint density at radius 3 is 2.74 bits per heavy atom. The number of piperidine rings is 1. The van der Waals surface area contributed by atoms with E-state index in [4.69, 9.17) is 6.42 Å². The summed E-state index contributed by atoms with van der Waals surface area (Å²) in [6.07, 6.45) is 7.47. The number of terminal acetylenes is 1. The van der Waals surface area contributed by atoms with Gasteiger partial charge in [-0.2, -0.15) is 0 Å². The van der Waals surface area contributed by atoms with Crippen LogP contribution in [0.2, 0.25) is 0 Å². The Kier molecular flexibility index (Phi) is 8.08. The van der Waals surface area contributed by atoms with Crippen LogP contribution in [0.5, 0.6) is 0 Å². The van der Waals surface area contributed by atoms with Crippen molar-refractivity contribution in [2.24, 2.45) is 4.99 Å². The second-order valence-corrected chi connectivity index (χ2v) is 7.87. The molecule has 1 amide bonds. The number of hydrogen-bond donors (Lipinski definition) is 3. The number of likely N-dealkylation sites (tertiary alicyclic amines) is 1. The number of aliphatic imine (C=N–C) groups is 1. The van der Waals surface area contributed by atoms with Crippen molar-refractivity contribution in [1.82, 2.24) is 15.5 Å². The van der Waals surface area contributed by atoms with Crippen LogP contribution in [-0.2, 0) is 11.3 Å². The second kappa shape index (κ2) is 11.2. The zero-order valence-electron chi connectivity index (χ0n) is 18.3. The summed E-state index contributed by atoms with van der Waals surface area (Å²) in [5.74, 6) is 3.06. The number of benzene rings is 2. The third-order valence-electron chi connectivity index (χ3n) is 5.54. The summed E-state index contributed by atoms with van der Waals surface area (Å²) in [6.45, 7) is 4.40. The topological polar surface area (TPSA) is 68.8 Å². The van der Waals surface area contributed by atoms with Crippen LogP contribution in [0.25, 0.3) is 0 Å². The van der Waals surface area contributed by atoms with Crippen molar-refractivity contribution >= 4 is 17.6 Å². The van der Waals surface area contributed by atoms with E-state index in [1.54, 1.807) is 13.1 Å². The van der Waals surface area contributed by atoms with Crippen LogP contribution >= 0.6 is 0 Å². The van der Waals surface area contributed by atoms with E-state index in [1.165, 1.54) is 5.56 Å². The van der Waals surface area contributed by atoms with Crippen molar-refractivity contribution in [3.63, 3.8) is 0 Å². The van der Waals surface area contributed by atoms with E-state index in [1.807, 2.05) is 18.2 Å². The zero-order chi connectivity index (χ0) is 22.1. The van der Waals surface area contributed by atoms with Gasteiger partial charge in [-0.25, -0.2) is 0 Å². The van der Waals surface area contributed by atoms with E-state index < -0.39 is 0 Å². The van der Waals surface area contributed by atoms with Crippen molar-refractivity contribution in [3.8, 4) is 12.3 Å². The van der Waals surface area contributed by atoms with Gasteiger partial charge in [-0.3, -0.25) is 14.7 Å². The van der Waals surface area contributed by atoms with Gasteiger partial charge in [0.25, 0.3) is 0 Å². The molecule has 1 aliphatic heterocycles.